The van der Waals surface area contributed by atoms with Gasteiger partial charge in [-0.3, -0.25) is 9.20 Å². The Labute approximate surface area is 78.8 Å². The Kier molecular flexibility index (Phi) is 2.02. The van der Waals surface area contributed by atoms with Crippen molar-refractivity contribution in [1.82, 2.24) is 9.38 Å². The zero-order valence-corrected chi connectivity index (χ0v) is 7.87. The molecule has 0 unspecified atom stereocenters. The molecule has 0 atom stereocenters. The molecule has 2 rings (SSSR count). The summed E-state index contributed by atoms with van der Waals surface area (Å²) in [6.07, 6.45) is 3.78. The molecule has 2 heterocycles. The van der Waals surface area contributed by atoms with Gasteiger partial charge in [0.25, 0.3) is 0 Å². The van der Waals surface area contributed by atoms with Gasteiger partial charge in [-0.25, -0.2) is 4.98 Å². The fraction of sp³-hybridized carbons (Fsp3) is 0.250. The molecule has 0 aliphatic rings. The van der Waals surface area contributed by atoms with E-state index in [1.165, 1.54) is 6.92 Å². The predicted octanol–water partition coefficient (Wildman–Crippen LogP) is 1.46. The Bertz CT molecular complexity index is 403. The molecular formula is C8H8N2O2S. The molecule has 2 aromatic heterocycles. The predicted molar refractivity (Wildman–Crippen MR) is 48.5 cm³/mol. The Morgan fingerprint density at radius 2 is 2.62 bits per heavy atom. The van der Waals surface area contributed by atoms with Crippen LogP contribution >= 0.6 is 11.3 Å². The van der Waals surface area contributed by atoms with E-state index in [-0.39, 0.29) is 12.6 Å². The van der Waals surface area contributed by atoms with Crippen LogP contribution in [0.5, 0.6) is 0 Å². The van der Waals surface area contributed by atoms with E-state index < -0.39 is 0 Å². The largest absolute Gasteiger partial charge is 0.459 e. The van der Waals surface area contributed by atoms with E-state index in [1.807, 2.05) is 22.2 Å². The molecule has 0 N–H and O–H groups in total. The molecule has 68 valence electrons. The average Bonchev–Trinajstić information content (AvgIpc) is 2.58. The zero-order chi connectivity index (χ0) is 9.26. The first kappa shape index (κ1) is 8.25. The summed E-state index contributed by atoms with van der Waals surface area (Å²) in [4.78, 5) is 15.7. The van der Waals surface area contributed by atoms with Crippen LogP contribution in [0.2, 0.25) is 0 Å². The number of thiazole rings is 1. The van der Waals surface area contributed by atoms with Gasteiger partial charge >= 0.3 is 5.97 Å². The van der Waals surface area contributed by atoms with Gasteiger partial charge in [0.15, 0.2) is 4.96 Å². The molecule has 0 aliphatic heterocycles. The molecule has 0 spiro atoms. The third kappa shape index (κ3) is 1.70. The monoisotopic (exact) mass is 196 g/mol. The number of aromatic nitrogens is 2. The molecular weight excluding hydrogens is 188 g/mol. The van der Waals surface area contributed by atoms with Crippen molar-refractivity contribution in [3.8, 4) is 0 Å². The van der Waals surface area contributed by atoms with Gasteiger partial charge in [-0.05, 0) is 0 Å². The van der Waals surface area contributed by atoms with E-state index in [2.05, 4.69) is 4.98 Å². The van der Waals surface area contributed by atoms with E-state index >= 15 is 0 Å². The molecule has 0 fully saturated rings. The lowest BCUT2D eigenvalue weighted by atomic mass is 10.5. The van der Waals surface area contributed by atoms with E-state index in [9.17, 15) is 4.79 Å². The molecule has 4 nitrogen and oxygen atoms in total. The third-order valence-corrected chi connectivity index (χ3v) is 2.34. The highest BCUT2D eigenvalue weighted by Gasteiger charge is 2.03. The number of rotatable bonds is 2. The highest BCUT2D eigenvalue weighted by molar-refractivity contribution is 7.15. The number of esters is 1. The van der Waals surface area contributed by atoms with Crippen LogP contribution in [-0.2, 0) is 16.1 Å². The van der Waals surface area contributed by atoms with Gasteiger partial charge in [0.2, 0.25) is 0 Å². The standard InChI is InChI=1S/C8H8N2O2S/c1-6(11)12-5-7-4-10-2-3-13-8(10)9-7/h2-4H,5H2,1H3. The van der Waals surface area contributed by atoms with E-state index in [4.69, 9.17) is 4.74 Å². The van der Waals surface area contributed by atoms with Gasteiger partial charge in [-0.1, -0.05) is 0 Å². The lowest BCUT2D eigenvalue weighted by Crippen LogP contribution is -1.98. The summed E-state index contributed by atoms with van der Waals surface area (Å²) >= 11 is 1.55. The van der Waals surface area contributed by atoms with Crippen molar-refractivity contribution < 1.29 is 9.53 Å². The molecule has 5 heteroatoms. The molecule has 0 radical (unpaired) electrons. The maximum Gasteiger partial charge on any atom is 0.303 e. The van der Waals surface area contributed by atoms with Crippen molar-refractivity contribution in [2.75, 3.05) is 0 Å². The molecule has 2 aromatic rings. The zero-order valence-electron chi connectivity index (χ0n) is 7.06. The number of hydrogen-bond donors (Lipinski definition) is 0. The van der Waals surface area contributed by atoms with E-state index in [1.54, 1.807) is 11.3 Å². The highest BCUT2D eigenvalue weighted by Crippen LogP contribution is 2.11. The van der Waals surface area contributed by atoms with Crippen LogP contribution in [0.15, 0.2) is 17.8 Å². The minimum absolute atomic E-state index is 0.254. The number of carbonyl (C=O) groups is 1. The maximum absolute atomic E-state index is 10.5. The lowest BCUT2D eigenvalue weighted by molar-refractivity contribution is -0.142. The smallest absolute Gasteiger partial charge is 0.303 e. The summed E-state index contributed by atoms with van der Waals surface area (Å²) in [5, 5.41) is 1.96. The molecule has 0 bridgehead atoms. The second-order valence-electron chi connectivity index (χ2n) is 2.61. The lowest BCUT2D eigenvalue weighted by Gasteiger charge is -1.95. The quantitative estimate of drug-likeness (QED) is 0.683. The van der Waals surface area contributed by atoms with Crippen LogP contribution in [-0.4, -0.2) is 15.4 Å². The number of imidazole rings is 1. The molecule has 13 heavy (non-hydrogen) atoms. The van der Waals surface area contributed by atoms with Gasteiger partial charge in [0.1, 0.15) is 6.61 Å². The van der Waals surface area contributed by atoms with Gasteiger partial charge < -0.3 is 4.74 Å². The van der Waals surface area contributed by atoms with Crippen molar-refractivity contribution in [3.63, 3.8) is 0 Å². The fourth-order valence-electron chi connectivity index (χ4n) is 1.02. The first-order chi connectivity index (χ1) is 6.25. The second-order valence-corrected chi connectivity index (χ2v) is 3.48. The van der Waals surface area contributed by atoms with Crippen LogP contribution in [0.1, 0.15) is 12.6 Å². The SMILES string of the molecule is CC(=O)OCc1cn2ccsc2n1. The van der Waals surface area contributed by atoms with Crippen LogP contribution in [0, 0.1) is 0 Å². The Morgan fingerprint density at radius 1 is 1.77 bits per heavy atom. The second kappa shape index (κ2) is 3.18. The van der Waals surface area contributed by atoms with Crippen molar-refractivity contribution >= 4 is 22.3 Å². The van der Waals surface area contributed by atoms with Crippen molar-refractivity contribution in [3.05, 3.63) is 23.5 Å². The van der Waals surface area contributed by atoms with Gasteiger partial charge in [-0.2, -0.15) is 0 Å². The third-order valence-electron chi connectivity index (χ3n) is 1.57. The topological polar surface area (TPSA) is 43.6 Å². The summed E-state index contributed by atoms with van der Waals surface area (Å²) in [6.45, 7) is 1.64. The minimum atomic E-state index is -0.281. The van der Waals surface area contributed by atoms with Crippen LogP contribution in [0.4, 0.5) is 0 Å². The number of hydrogen-bond acceptors (Lipinski definition) is 4. The average molecular weight is 196 g/mol. The Morgan fingerprint density at radius 3 is 3.31 bits per heavy atom. The normalized spacial score (nSPS) is 10.5. The number of fused-ring (bicyclic) bond motifs is 1. The Balaban J connectivity index is 2.15. The summed E-state index contributed by atoms with van der Waals surface area (Å²) < 4.78 is 6.72. The Hall–Kier alpha value is -1.36. The van der Waals surface area contributed by atoms with Gasteiger partial charge in [-0.15, -0.1) is 11.3 Å². The summed E-state index contributed by atoms with van der Waals surface area (Å²) in [7, 11) is 0. The van der Waals surface area contributed by atoms with E-state index in [0.29, 0.717) is 0 Å². The minimum Gasteiger partial charge on any atom is -0.459 e. The highest BCUT2D eigenvalue weighted by atomic mass is 32.1. The van der Waals surface area contributed by atoms with Crippen molar-refractivity contribution in [1.29, 1.82) is 0 Å². The summed E-state index contributed by atoms with van der Waals surface area (Å²) in [5.41, 5.74) is 0.780. The molecule has 0 aliphatic carbocycles. The number of ether oxygens (including phenoxy) is 1. The number of carbonyl (C=O) groups excluding carboxylic acids is 1. The molecule has 0 saturated heterocycles. The van der Waals surface area contributed by atoms with E-state index in [0.717, 1.165) is 10.7 Å². The first-order valence-corrected chi connectivity index (χ1v) is 4.68. The van der Waals surface area contributed by atoms with Gasteiger partial charge in [0, 0.05) is 24.7 Å². The van der Waals surface area contributed by atoms with Crippen molar-refractivity contribution in [2.24, 2.45) is 0 Å². The molecule has 0 aromatic carbocycles. The summed E-state index contributed by atoms with van der Waals surface area (Å²) in [5.74, 6) is -0.281. The number of nitrogens with zero attached hydrogens (tertiary/aromatic N) is 2. The van der Waals surface area contributed by atoms with Crippen LogP contribution in [0.3, 0.4) is 0 Å². The fourth-order valence-corrected chi connectivity index (χ4v) is 1.74. The van der Waals surface area contributed by atoms with Crippen LogP contribution < -0.4 is 0 Å². The molecule has 0 amide bonds. The van der Waals surface area contributed by atoms with Crippen molar-refractivity contribution in [2.45, 2.75) is 13.5 Å². The first-order valence-electron chi connectivity index (χ1n) is 3.80. The van der Waals surface area contributed by atoms with Gasteiger partial charge in [0.05, 0.1) is 5.69 Å². The molecule has 0 saturated carbocycles. The maximum atomic E-state index is 10.5. The summed E-state index contributed by atoms with van der Waals surface area (Å²) in [6, 6.07) is 0. The van der Waals surface area contributed by atoms with Crippen LogP contribution in [0.25, 0.3) is 4.96 Å².